The number of thiazole rings is 1. The molecule has 2 aromatic carbocycles. The molecule has 0 saturated heterocycles. The molecule has 0 amide bonds. The third kappa shape index (κ3) is 2.61. The average Bonchev–Trinajstić information content (AvgIpc) is 3.17. The minimum atomic E-state index is 0.563. The van der Waals surface area contributed by atoms with Crippen molar-refractivity contribution in [3.05, 3.63) is 64.7 Å². The molecule has 2 aromatic heterocycles. The number of carbonyl (C=O) groups excluding carboxylic acids is 1. The zero-order chi connectivity index (χ0) is 18.3. The molecule has 4 rings (SSSR count). The summed E-state index contributed by atoms with van der Waals surface area (Å²) in [6, 6.07) is 16.0. The number of hydrogen-bond donors (Lipinski definition) is 0. The van der Waals surface area contributed by atoms with E-state index in [1.165, 1.54) is 5.56 Å². The maximum absolute atomic E-state index is 12.0. The van der Waals surface area contributed by atoms with Crippen LogP contribution in [0.2, 0.25) is 0 Å². The molecule has 0 unspecified atom stereocenters. The van der Waals surface area contributed by atoms with Gasteiger partial charge in [0.15, 0.2) is 11.2 Å². The number of aldehydes is 1. The second-order valence-electron chi connectivity index (χ2n) is 6.19. The predicted octanol–water partition coefficient (Wildman–Crippen LogP) is 5.17. The van der Waals surface area contributed by atoms with E-state index in [1.54, 1.807) is 18.4 Å². The van der Waals surface area contributed by atoms with Gasteiger partial charge in [-0.2, -0.15) is 0 Å². The van der Waals surface area contributed by atoms with Gasteiger partial charge in [0.2, 0.25) is 0 Å². The molecule has 0 aliphatic carbocycles. The Morgan fingerprint density at radius 2 is 1.85 bits per heavy atom. The quantitative estimate of drug-likeness (QED) is 0.471. The number of benzene rings is 2. The van der Waals surface area contributed by atoms with Crippen molar-refractivity contribution < 1.29 is 9.53 Å². The number of rotatable bonds is 4. The lowest BCUT2D eigenvalue weighted by Gasteiger charge is -2.06. The minimum absolute atomic E-state index is 0.563. The highest BCUT2D eigenvalue weighted by molar-refractivity contribution is 7.17. The van der Waals surface area contributed by atoms with E-state index in [-0.39, 0.29) is 0 Å². The lowest BCUT2D eigenvalue weighted by molar-refractivity contribution is 0.111. The Morgan fingerprint density at radius 3 is 2.54 bits per heavy atom. The zero-order valence-corrected chi connectivity index (χ0v) is 15.6. The van der Waals surface area contributed by atoms with E-state index in [9.17, 15) is 4.79 Å². The number of aryl methyl sites for hydroxylation is 2. The molecular formula is C21H18N2O2S. The van der Waals surface area contributed by atoms with Gasteiger partial charge in [-0.1, -0.05) is 42.0 Å². The summed E-state index contributed by atoms with van der Waals surface area (Å²) in [6.45, 7) is 4.13. The molecule has 4 nitrogen and oxygen atoms in total. The van der Waals surface area contributed by atoms with Gasteiger partial charge in [-0.3, -0.25) is 9.20 Å². The third-order valence-corrected chi connectivity index (χ3v) is 5.42. The number of carbonyl (C=O) groups is 1. The van der Waals surface area contributed by atoms with Gasteiger partial charge in [0.1, 0.15) is 17.1 Å². The Hall–Kier alpha value is -2.92. The van der Waals surface area contributed by atoms with Crippen LogP contribution in [-0.4, -0.2) is 22.8 Å². The van der Waals surface area contributed by atoms with Gasteiger partial charge in [-0.15, -0.1) is 11.3 Å². The number of methoxy groups -OCH3 is 1. The minimum Gasteiger partial charge on any atom is -0.497 e. The van der Waals surface area contributed by atoms with E-state index in [1.807, 2.05) is 28.7 Å². The molecule has 0 atom stereocenters. The fraction of sp³-hybridized carbons (Fsp3) is 0.143. The summed E-state index contributed by atoms with van der Waals surface area (Å²) < 4.78 is 7.27. The molecular weight excluding hydrogens is 344 g/mol. The molecule has 0 bridgehead atoms. The fourth-order valence-electron chi connectivity index (χ4n) is 3.17. The molecule has 2 heterocycles. The van der Waals surface area contributed by atoms with Gasteiger partial charge in [0.25, 0.3) is 0 Å². The van der Waals surface area contributed by atoms with E-state index in [2.05, 4.69) is 38.1 Å². The Bertz CT molecular complexity index is 1110. The highest BCUT2D eigenvalue weighted by Crippen LogP contribution is 2.36. The average molecular weight is 362 g/mol. The van der Waals surface area contributed by atoms with Crippen molar-refractivity contribution >= 4 is 22.6 Å². The summed E-state index contributed by atoms with van der Waals surface area (Å²) in [5.74, 6) is 0.741. The molecule has 0 fully saturated rings. The SMILES string of the molecule is COc1cccc(-c2nc3sc(C)c(-c4ccc(C)cc4)n3c2C=O)c1. The van der Waals surface area contributed by atoms with E-state index < -0.39 is 0 Å². The molecule has 130 valence electrons. The Labute approximate surface area is 155 Å². The summed E-state index contributed by atoms with van der Waals surface area (Å²) in [4.78, 5) is 18.7. The van der Waals surface area contributed by atoms with Crippen LogP contribution < -0.4 is 4.74 Å². The summed E-state index contributed by atoms with van der Waals surface area (Å²) in [7, 11) is 1.63. The standard InChI is InChI=1S/C21H18N2O2S/c1-13-7-9-15(10-8-13)20-14(2)26-21-22-19(18(12-24)23(20)21)16-5-4-6-17(11-16)25-3/h4-12H,1-3H3. The molecule has 26 heavy (non-hydrogen) atoms. The predicted molar refractivity (Wildman–Crippen MR) is 105 cm³/mol. The molecule has 0 spiro atoms. The van der Waals surface area contributed by atoms with E-state index in [0.717, 1.165) is 38.7 Å². The van der Waals surface area contributed by atoms with Gasteiger partial charge in [-0.25, -0.2) is 4.98 Å². The van der Waals surface area contributed by atoms with Crippen molar-refractivity contribution in [2.45, 2.75) is 13.8 Å². The molecule has 5 heteroatoms. The van der Waals surface area contributed by atoms with Gasteiger partial charge < -0.3 is 4.74 Å². The number of aromatic nitrogens is 2. The highest BCUT2D eigenvalue weighted by atomic mass is 32.1. The molecule has 0 aliphatic heterocycles. The normalized spacial score (nSPS) is 11.0. The van der Waals surface area contributed by atoms with Gasteiger partial charge in [0.05, 0.1) is 12.8 Å². The van der Waals surface area contributed by atoms with Crippen LogP contribution in [0.15, 0.2) is 48.5 Å². The van der Waals surface area contributed by atoms with Gasteiger partial charge in [-0.05, 0) is 31.5 Å². The summed E-state index contributed by atoms with van der Waals surface area (Å²) >= 11 is 1.59. The van der Waals surface area contributed by atoms with Crippen molar-refractivity contribution in [3.63, 3.8) is 0 Å². The first-order valence-electron chi connectivity index (χ1n) is 8.31. The van der Waals surface area contributed by atoms with Gasteiger partial charge in [0, 0.05) is 10.4 Å². The molecule has 0 saturated carbocycles. The zero-order valence-electron chi connectivity index (χ0n) is 14.8. The third-order valence-electron chi connectivity index (χ3n) is 4.46. The Balaban J connectivity index is 1.98. The monoisotopic (exact) mass is 362 g/mol. The summed E-state index contributed by atoms with van der Waals surface area (Å²) in [5.41, 5.74) is 5.42. The smallest absolute Gasteiger partial charge is 0.195 e. The second-order valence-corrected chi connectivity index (χ2v) is 7.37. The van der Waals surface area contributed by atoms with E-state index in [0.29, 0.717) is 11.4 Å². The maximum atomic E-state index is 12.0. The Kier molecular flexibility index (Phi) is 4.09. The van der Waals surface area contributed by atoms with Crippen molar-refractivity contribution in [1.82, 2.24) is 9.38 Å². The van der Waals surface area contributed by atoms with Crippen LogP contribution in [0.1, 0.15) is 20.9 Å². The maximum Gasteiger partial charge on any atom is 0.195 e. The van der Waals surface area contributed by atoms with E-state index in [4.69, 9.17) is 9.72 Å². The molecule has 0 aliphatic rings. The number of hydrogen-bond acceptors (Lipinski definition) is 4. The largest absolute Gasteiger partial charge is 0.497 e. The molecule has 4 aromatic rings. The summed E-state index contributed by atoms with van der Waals surface area (Å²) in [5, 5.41) is 0. The van der Waals surface area contributed by atoms with Crippen molar-refractivity contribution in [2.75, 3.05) is 7.11 Å². The lowest BCUT2D eigenvalue weighted by atomic mass is 10.1. The number of nitrogens with zero attached hydrogens (tertiary/aromatic N) is 2. The molecule has 0 N–H and O–H groups in total. The van der Waals surface area contributed by atoms with Crippen molar-refractivity contribution in [2.24, 2.45) is 0 Å². The Morgan fingerprint density at radius 1 is 1.08 bits per heavy atom. The highest BCUT2D eigenvalue weighted by Gasteiger charge is 2.21. The van der Waals surface area contributed by atoms with Crippen LogP contribution in [-0.2, 0) is 0 Å². The van der Waals surface area contributed by atoms with Crippen molar-refractivity contribution in [3.8, 4) is 28.3 Å². The number of ether oxygens (including phenoxy) is 1. The fourth-order valence-corrected chi connectivity index (χ4v) is 4.17. The van der Waals surface area contributed by atoms with Crippen molar-refractivity contribution in [1.29, 1.82) is 0 Å². The second kappa shape index (κ2) is 6.42. The molecule has 0 radical (unpaired) electrons. The number of imidazole rings is 1. The lowest BCUT2D eigenvalue weighted by Crippen LogP contribution is -1.95. The summed E-state index contributed by atoms with van der Waals surface area (Å²) in [6.07, 6.45) is 0.888. The van der Waals surface area contributed by atoms with Crippen LogP contribution in [0.3, 0.4) is 0 Å². The number of fused-ring (bicyclic) bond motifs is 1. The van der Waals surface area contributed by atoms with E-state index >= 15 is 0 Å². The van der Waals surface area contributed by atoms with Crippen LogP contribution in [0.5, 0.6) is 5.75 Å². The first-order chi connectivity index (χ1) is 12.6. The van der Waals surface area contributed by atoms with Gasteiger partial charge >= 0.3 is 0 Å². The first-order valence-corrected chi connectivity index (χ1v) is 9.12. The van der Waals surface area contributed by atoms with Crippen LogP contribution in [0.25, 0.3) is 27.5 Å². The topological polar surface area (TPSA) is 43.6 Å². The van der Waals surface area contributed by atoms with Crippen LogP contribution >= 0.6 is 11.3 Å². The first kappa shape index (κ1) is 16.5. The van der Waals surface area contributed by atoms with Crippen LogP contribution in [0, 0.1) is 13.8 Å². The van der Waals surface area contributed by atoms with Crippen LogP contribution in [0.4, 0.5) is 0 Å².